The van der Waals surface area contributed by atoms with Crippen LogP contribution in [-0.4, -0.2) is 6.54 Å². The van der Waals surface area contributed by atoms with E-state index in [1.165, 1.54) is 24.3 Å². The monoisotopic (exact) mass is 315 g/mol. The molecule has 2 rings (SSSR count). The number of halogens is 4. The van der Waals surface area contributed by atoms with E-state index in [0.29, 0.717) is 17.1 Å². The second-order valence-corrected chi connectivity index (χ2v) is 5.14. The molecule has 106 valence electrons. The SMILES string of the molecule is CCNC(c1ccc(Cl)cc1F)c1c(F)cccc1Cl. The molecule has 2 aromatic carbocycles. The highest BCUT2D eigenvalue weighted by molar-refractivity contribution is 6.31. The lowest BCUT2D eigenvalue weighted by atomic mass is 9.97. The minimum Gasteiger partial charge on any atom is -0.306 e. The van der Waals surface area contributed by atoms with Crippen molar-refractivity contribution in [2.24, 2.45) is 0 Å². The van der Waals surface area contributed by atoms with E-state index in [-0.39, 0.29) is 10.6 Å². The van der Waals surface area contributed by atoms with E-state index in [1.54, 1.807) is 12.1 Å². The Morgan fingerprint density at radius 3 is 2.45 bits per heavy atom. The molecule has 0 saturated carbocycles. The first-order valence-electron chi connectivity index (χ1n) is 6.16. The van der Waals surface area contributed by atoms with Gasteiger partial charge < -0.3 is 5.32 Å². The Balaban J connectivity index is 2.56. The average Bonchev–Trinajstić information content (AvgIpc) is 2.38. The van der Waals surface area contributed by atoms with E-state index < -0.39 is 17.7 Å². The molecule has 2 aromatic rings. The molecule has 0 radical (unpaired) electrons. The van der Waals surface area contributed by atoms with Gasteiger partial charge in [0.15, 0.2) is 0 Å². The van der Waals surface area contributed by atoms with E-state index in [9.17, 15) is 8.78 Å². The van der Waals surface area contributed by atoms with Gasteiger partial charge in [0, 0.05) is 21.2 Å². The van der Waals surface area contributed by atoms with Crippen LogP contribution in [0.2, 0.25) is 10.0 Å². The van der Waals surface area contributed by atoms with Crippen molar-refractivity contribution in [2.75, 3.05) is 6.54 Å². The van der Waals surface area contributed by atoms with Crippen LogP contribution in [0.1, 0.15) is 24.1 Å². The molecule has 0 aliphatic heterocycles. The molecule has 1 N–H and O–H groups in total. The first-order valence-corrected chi connectivity index (χ1v) is 6.92. The first kappa shape index (κ1) is 15.2. The Hall–Kier alpha value is -1.16. The van der Waals surface area contributed by atoms with E-state index in [4.69, 9.17) is 23.2 Å². The zero-order valence-corrected chi connectivity index (χ0v) is 12.3. The topological polar surface area (TPSA) is 12.0 Å². The highest BCUT2D eigenvalue weighted by Gasteiger charge is 2.22. The highest BCUT2D eigenvalue weighted by Crippen LogP contribution is 2.32. The first-order chi connectivity index (χ1) is 9.54. The van der Waals surface area contributed by atoms with Crippen LogP contribution in [-0.2, 0) is 0 Å². The van der Waals surface area contributed by atoms with Crippen LogP contribution in [0.25, 0.3) is 0 Å². The third-order valence-corrected chi connectivity index (χ3v) is 3.53. The summed E-state index contributed by atoms with van der Waals surface area (Å²) >= 11 is 11.8. The zero-order valence-electron chi connectivity index (χ0n) is 10.8. The zero-order chi connectivity index (χ0) is 14.7. The molecule has 0 aromatic heterocycles. The number of hydrogen-bond donors (Lipinski definition) is 1. The van der Waals surface area contributed by atoms with Crippen molar-refractivity contribution in [2.45, 2.75) is 13.0 Å². The number of nitrogens with one attached hydrogen (secondary N) is 1. The summed E-state index contributed by atoms with van der Waals surface area (Å²) in [5, 5.41) is 3.60. The molecular formula is C15H13Cl2F2N. The maximum Gasteiger partial charge on any atom is 0.129 e. The van der Waals surface area contributed by atoms with Crippen molar-refractivity contribution in [1.29, 1.82) is 0 Å². The van der Waals surface area contributed by atoms with Gasteiger partial charge in [-0.25, -0.2) is 8.78 Å². The number of rotatable bonds is 4. The van der Waals surface area contributed by atoms with E-state index in [1.807, 2.05) is 6.92 Å². The molecule has 20 heavy (non-hydrogen) atoms. The van der Waals surface area contributed by atoms with Crippen LogP contribution >= 0.6 is 23.2 Å². The second kappa shape index (κ2) is 6.53. The maximum atomic E-state index is 14.1. The molecule has 0 amide bonds. The summed E-state index contributed by atoms with van der Waals surface area (Å²) in [6, 6.07) is 8.05. The lowest BCUT2D eigenvalue weighted by molar-refractivity contribution is 0.531. The summed E-state index contributed by atoms with van der Waals surface area (Å²) in [5.74, 6) is -0.972. The molecule has 0 aliphatic rings. The van der Waals surface area contributed by atoms with Gasteiger partial charge in [-0.1, -0.05) is 42.3 Å². The van der Waals surface area contributed by atoms with Crippen molar-refractivity contribution >= 4 is 23.2 Å². The van der Waals surface area contributed by atoms with Crippen LogP contribution in [0.15, 0.2) is 36.4 Å². The Morgan fingerprint density at radius 2 is 1.85 bits per heavy atom. The van der Waals surface area contributed by atoms with Gasteiger partial charge in [0.2, 0.25) is 0 Å². The molecule has 0 heterocycles. The van der Waals surface area contributed by atoms with Gasteiger partial charge in [-0.2, -0.15) is 0 Å². The van der Waals surface area contributed by atoms with Crippen LogP contribution in [0, 0.1) is 11.6 Å². The van der Waals surface area contributed by atoms with Gasteiger partial charge in [-0.15, -0.1) is 0 Å². The lowest BCUT2D eigenvalue weighted by Crippen LogP contribution is -2.24. The summed E-state index contributed by atoms with van der Waals surface area (Å²) in [6.07, 6.45) is 0. The Morgan fingerprint density at radius 1 is 1.10 bits per heavy atom. The second-order valence-electron chi connectivity index (χ2n) is 4.29. The predicted molar refractivity (Wildman–Crippen MR) is 78.3 cm³/mol. The molecule has 5 heteroatoms. The molecule has 1 atom stereocenters. The van der Waals surface area contributed by atoms with Crippen LogP contribution in [0.3, 0.4) is 0 Å². The smallest absolute Gasteiger partial charge is 0.129 e. The Kier molecular flexibility index (Phi) is 4.97. The molecule has 1 unspecified atom stereocenters. The number of benzene rings is 2. The molecular weight excluding hydrogens is 303 g/mol. The fourth-order valence-corrected chi connectivity index (χ4v) is 2.52. The fraction of sp³-hybridized carbons (Fsp3) is 0.200. The van der Waals surface area contributed by atoms with E-state index in [0.717, 1.165) is 0 Å². The molecule has 0 saturated heterocycles. The third-order valence-electron chi connectivity index (χ3n) is 2.97. The van der Waals surface area contributed by atoms with Crippen molar-refractivity contribution in [3.63, 3.8) is 0 Å². The molecule has 1 nitrogen and oxygen atoms in total. The van der Waals surface area contributed by atoms with Crippen molar-refractivity contribution in [3.8, 4) is 0 Å². The van der Waals surface area contributed by atoms with Gasteiger partial charge >= 0.3 is 0 Å². The average molecular weight is 316 g/mol. The van der Waals surface area contributed by atoms with Crippen LogP contribution in [0.4, 0.5) is 8.78 Å². The van der Waals surface area contributed by atoms with Crippen molar-refractivity contribution in [1.82, 2.24) is 5.32 Å². The Labute approximate surface area is 126 Å². The lowest BCUT2D eigenvalue weighted by Gasteiger charge is -2.21. The van der Waals surface area contributed by atoms with E-state index >= 15 is 0 Å². The number of hydrogen-bond acceptors (Lipinski definition) is 1. The third kappa shape index (κ3) is 3.11. The quantitative estimate of drug-likeness (QED) is 0.840. The molecule has 0 spiro atoms. The van der Waals surface area contributed by atoms with Crippen LogP contribution < -0.4 is 5.32 Å². The largest absolute Gasteiger partial charge is 0.306 e. The molecule has 0 aliphatic carbocycles. The maximum absolute atomic E-state index is 14.1. The highest BCUT2D eigenvalue weighted by atomic mass is 35.5. The van der Waals surface area contributed by atoms with Crippen molar-refractivity contribution in [3.05, 3.63) is 69.2 Å². The Bertz CT molecular complexity index is 597. The normalized spacial score (nSPS) is 12.4. The molecule has 0 bridgehead atoms. The van der Waals surface area contributed by atoms with Gasteiger partial charge in [-0.05, 0) is 30.8 Å². The standard InChI is InChI=1S/C15H13Cl2F2N/c1-2-20-15(10-7-6-9(16)8-13(10)19)14-11(17)4-3-5-12(14)18/h3-8,15,20H,2H2,1H3. The summed E-state index contributed by atoms with van der Waals surface area (Å²) < 4.78 is 28.1. The minimum atomic E-state index is -0.661. The van der Waals surface area contributed by atoms with E-state index in [2.05, 4.69) is 5.32 Å². The van der Waals surface area contributed by atoms with Crippen molar-refractivity contribution < 1.29 is 8.78 Å². The van der Waals surface area contributed by atoms with Gasteiger partial charge in [0.05, 0.1) is 6.04 Å². The minimum absolute atomic E-state index is 0.234. The van der Waals surface area contributed by atoms with Gasteiger partial charge in [0.25, 0.3) is 0 Å². The summed E-state index contributed by atoms with van der Waals surface area (Å²) in [5.41, 5.74) is 0.542. The summed E-state index contributed by atoms with van der Waals surface area (Å²) in [6.45, 7) is 2.40. The fourth-order valence-electron chi connectivity index (χ4n) is 2.09. The molecule has 0 fully saturated rings. The van der Waals surface area contributed by atoms with Crippen LogP contribution in [0.5, 0.6) is 0 Å². The summed E-state index contributed by atoms with van der Waals surface area (Å²) in [4.78, 5) is 0. The van der Waals surface area contributed by atoms with Gasteiger partial charge in [-0.3, -0.25) is 0 Å². The van der Waals surface area contributed by atoms with Gasteiger partial charge in [0.1, 0.15) is 11.6 Å². The summed E-state index contributed by atoms with van der Waals surface area (Å²) in [7, 11) is 0. The predicted octanol–water partition coefficient (Wildman–Crippen LogP) is 4.97.